The predicted molar refractivity (Wildman–Crippen MR) is 72.1 cm³/mol. The Kier molecular flexibility index (Phi) is 4.15. The average Bonchev–Trinajstić information content (AvgIpc) is 2.84. The van der Waals surface area contributed by atoms with Gasteiger partial charge in [-0.25, -0.2) is 8.42 Å². The van der Waals surface area contributed by atoms with Crippen molar-refractivity contribution in [3.63, 3.8) is 0 Å². The standard InChI is InChI=1S/C8H7Cl2NO4S3/c9-6-1-5(7(10)17-6)18(14,15)11-3-16-2-4(11)8(12)13/h1,4H,2-3H2,(H,12,13)/t4-/m0/s1. The normalized spacial score (nSPS) is 21.3. The molecule has 2 heterocycles. The van der Waals surface area contributed by atoms with Gasteiger partial charge < -0.3 is 5.11 Å². The van der Waals surface area contributed by atoms with Crippen LogP contribution in [0.1, 0.15) is 0 Å². The number of aliphatic carboxylic acids is 1. The monoisotopic (exact) mass is 347 g/mol. The van der Waals surface area contributed by atoms with Crippen LogP contribution in [0.4, 0.5) is 0 Å². The van der Waals surface area contributed by atoms with Crippen molar-refractivity contribution in [2.45, 2.75) is 10.9 Å². The molecule has 1 aromatic heterocycles. The number of sulfonamides is 1. The van der Waals surface area contributed by atoms with Crippen molar-refractivity contribution >= 4 is 62.3 Å². The van der Waals surface area contributed by atoms with Gasteiger partial charge in [0, 0.05) is 5.75 Å². The van der Waals surface area contributed by atoms with Gasteiger partial charge in [0.1, 0.15) is 15.3 Å². The highest BCUT2D eigenvalue weighted by Crippen LogP contribution is 2.38. The van der Waals surface area contributed by atoms with Crippen LogP contribution < -0.4 is 0 Å². The second kappa shape index (κ2) is 5.18. The molecule has 2 rings (SSSR count). The SMILES string of the molecule is O=C(O)[C@@H]1CSCN1S(=O)(=O)c1cc(Cl)sc1Cl. The summed E-state index contributed by atoms with van der Waals surface area (Å²) in [6.07, 6.45) is 0. The summed E-state index contributed by atoms with van der Waals surface area (Å²) in [5.41, 5.74) is 0. The van der Waals surface area contributed by atoms with Gasteiger partial charge in [0.25, 0.3) is 0 Å². The largest absolute Gasteiger partial charge is 0.480 e. The van der Waals surface area contributed by atoms with Crippen LogP contribution in [0.5, 0.6) is 0 Å². The Morgan fingerprint density at radius 3 is 2.67 bits per heavy atom. The molecule has 0 aliphatic carbocycles. The van der Waals surface area contributed by atoms with Crippen molar-refractivity contribution in [3.8, 4) is 0 Å². The average molecular weight is 348 g/mol. The number of carboxylic acid groups (broad SMARTS) is 1. The number of halogens is 2. The Morgan fingerprint density at radius 1 is 1.50 bits per heavy atom. The molecular formula is C8H7Cl2NO4S3. The number of carboxylic acids is 1. The molecular weight excluding hydrogens is 341 g/mol. The van der Waals surface area contributed by atoms with E-state index in [4.69, 9.17) is 28.3 Å². The Morgan fingerprint density at radius 2 is 2.17 bits per heavy atom. The van der Waals surface area contributed by atoms with Gasteiger partial charge in [0.05, 0.1) is 10.2 Å². The van der Waals surface area contributed by atoms with Crippen molar-refractivity contribution in [1.29, 1.82) is 0 Å². The molecule has 5 nitrogen and oxygen atoms in total. The van der Waals surface area contributed by atoms with Crippen LogP contribution in [-0.4, -0.2) is 41.5 Å². The van der Waals surface area contributed by atoms with Crippen molar-refractivity contribution in [3.05, 3.63) is 14.7 Å². The summed E-state index contributed by atoms with van der Waals surface area (Å²) in [6, 6.07) is 0.181. The molecule has 1 fully saturated rings. The molecule has 0 saturated carbocycles. The molecule has 1 aromatic rings. The van der Waals surface area contributed by atoms with Gasteiger partial charge >= 0.3 is 5.97 Å². The molecule has 100 valence electrons. The summed E-state index contributed by atoms with van der Waals surface area (Å²) in [6.45, 7) is 0. The zero-order valence-corrected chi connectivity index (χ0v) is 12.6. The molecule has 1 aliphatic heterocycles. The summed E-state index contributed by atoms with van der Waals surface area (Å²) in [5.74, 6) is -0.839. The van der Waals surface area contributed by atoms with Crippen LogP contribution in [0.25, 0.3) is 0 Å². The molecule has 0 spiro atoms. The van der Waals surface area contributed by atoms with Crippen LogP contribution in [0, 0.1) is 0 Å². The molecule has 18 heavy (non-hydrogen) atoms. The number of carbonyl (C=O) groups is 1. The zero-order valence-electron chi connectivity index (χ0n) is 8.67. The second-order valence-electron chi connectivity index (χ2n) is 3.43. The lowest BCUT2D eigenvalue weighted by Gasteiger charge is -2.19. The van der Waals surface area contributed by atoms with Crippen molar-refractivity contribution < 1.29 is 18.3 Å². The molecule has 0 unspecified atom stereocenters. The van der Waals surface area contributed by atoms with E-state index in [0.717, 1.165) is 15.6 Å². The van der Waals surface area contributed by atoms with Crippen LogP contribution in [-0.2, 0) is 14.8 Å². The van der Waals surface area contributed by atoms with E-state index in [1.807, 2.05) is 0 Å². The Labute approximate surface area is 122 Å². The van der Waals surface area contributed by atoms with Crippen LogP contribution >= 0.6 is 46.3 Å². The number of rotatable bonds is 3. The van der Waals surface area contributed by atoms with Crippen LogP contribution in [0.3, 0.4) is 0 Å². The summed E-state index contributed by atoms with van der Waals surface area (Å²) >= 11 is 13.7. The fourth-order valence-electron chi connectivity index (χ4n) is 1.49. The Balaban J connectivity index is 2.43. The summed E-state index contributed by atoms with van der Waals surface area (Å²) in [4.78, 5) is 10.9. The lowest BCUT2D eigenvalue weighted by atomic mass is 10.4. The number of hydrogen-bond acceptors (Lipinski definition) is 5. The first kappa shape index (κ1) is 14.4. The van der Waals surface area contributed by atoms with E-state index >= 15 is 0 Å². The van der Waals surface area contributed by atoms with E-state index < -0.39 is 22.0 Å². The molecule has 0 bridgehead atoms. The summed E-state index contributed by atoms with van der Waals surface area (Å²) in [7, 11) is -3.92. The zero-order chi connectivity index (χ0) is 13.5. The third kappa shape index (κ3) is 2.50. The molecule has 0 amide bonds. The van der Waals surface area contributed by atoms with Crippen molar-refractivity contribution in [1.82, 2.24) is 4.31 Å². The Hall–Kier alpha value is 0.01000. The van der Waals surface area contributed by atoms with Crippen molar-refractivity contribution in [2.75, 3.05) is 11.6 Å². The second-order valence-corrected chi connectivity index (χ2v) is 8.58. The third-order valence-electron chi connectivity index (χ3n) is 2.34. The maximum absolute atomic E-state index is 12.3. The van der Waals surface area contributed by atoms with Gasteiger partial charge in [-0.3, -0.25) is 4.79 Å². The molecule has 1 atom stereocenters. The smallest absolute Gasteiger partial charge is 0.322 e. The number of hydrogen-bond donors (Lipinski definition) is 1. The number of thiophene rings is 1. The maximum atomic E-state index is 12.3. The minimum absolute atomic E-state index is 0.0426. The lowest BCUT2D eigenvalue weighted by Crippen LogP contribution is -2.41. The highest BCUT2D eigenvalue weighted by molar-refractivity contribution is 8.00. The first-order chi connectivity index (χ1) is 8.34. The molecule has 1 N–H and O–H groups in total. The van der Waals surface area contributed by atoms with Crippen molar-refractivity contribution in [2.24, 2.45) is 0 Å². The van der Waals surface area contributed by atoms with E-state index in [1.54, 1.807) is 0 Å². The minimum atomic E-state index is -3.92. The number of thioether (sulfide) groups is 1. The Bertz CT molecular complexity index is 585. The van der Waals surface area contributed by atoms with E-state index in [0.29, 0.717) is 0 Å². The van der Waals surface area contributed by atoms with Gasteiger partial charge in [-0.05, 0) is 6.07 Å². The topological polar surface area (TPSA) is 74.7 Å². The molecule has 1 saturated heterocycles. The molecule has 10 heteroatoms. The van der Waals surface area contributed by atoms with Gasteiger partial charge in [0.15, 0.2) is 0 Å². The van der Waals surface area contributed by atoms with Gasteiger partial charge in [-0.15, -0.1) is 23.1 Å². The summed E-state index contributed by atoms with van der Waals surface area (Å²) < 4.78 is 25.8. The fourth-order valence-corrected chi connectivity index (χ4v) is 6.74. The molecule has 0 radical (unpaired) electrons. The van der Waals surface area contributed by atoms with Crippen LogP contribution in [0.2, 0.25) is 8.67 Å². The fraction of sp³-hybridized carbons (Fsp3) is 0.375. The first-order valence-electron chi connectivity index (χ1n) is 4.61. The minimum Gasteiger partial charge on any atom is -0.480 e. The molecule has 1 aliphatic rings. The van der Waals surface area contributed by atoms with E-state index in [2.05, 4.69) is 0 Å². The first-order valence-corrected chi connectivity index (χ1v) is 8.78. The highest BCUT2D eigenvalue weighted by Gasteiger charge is 2.41. The quantitative estimate of drug-likeness (QED) is 0.907. The predicted octanol–water partition coefficient (Wildman–Crippen LogP) is 2.20. The highest BCUT2D eigenvalue weighted by atomic mass is 35.5. The molecule has 0 aromatic carbocycles. The van der Waals surface area contributed by atoms with E-state index in [9.17, 15) is 13.2 Å². The summed E-state index contributed by atoms with van der Waals surface area (Å²) in [5, 5.41) is 8.99. The lowest BCUT2D eigenvalue weighted by molar-refractivity contribution is -0.140. The third-order valence-corrected chi connectivity index (χ3v) is 7.12. The van der Waals surface area contributed by atoms with E-state index in [-0.39, 0.29) is 25.2 Å². The van der Waals surface area contributed by atoms with Gasteiger partial charge in [-0.1, -0.05) is 23.2 Å². The van der Waals surface area contributed by atoms with Crippen LogP contribution in [0.15, 0.2) is 11.0 Å². The van der Waals surface area contributed by atoms with Gasteiger partial charge in [-0.2, -0.15) is 4.31 Å². The maximum Gasteiger partial charge on any atom is 0.322 e. The van der Waals surface area contributed by atoms with E-state index in [1.165, 1.54) is 17.8 Å². The van der Waals surface area contributed by atoms with Gasteiger partial charge in [0.2, 0.25) is 10.0 Å². The number of nitrogens with zero attached hydrogens (tertiary/aromatic N) is 1.